The molecule has 0 amide bonds. The molecule has 7 nitrogen and oxygen atoms in total. The fourth-order valence-electron chi connectivity index (χ4n) is 1.39. The second kappa shape index (κ2) is 6.10. The number of carbonyl (C=O) groups is 1. The van der Waals surface area contributed by atoms with Crippen LogP contribution in [0.1, 0.15) is 20.8 Å². The Balaban J connectivity index is 2.89. The van der Waals surface area contributed by atoms with Gasteiger partial charge in [0, 0.05) is 5.54 Å². The first-order valence-electron chi connectivity index (χ1n) is 5.84. The number of hydrogen-bond acceptors (Lipinski definition) is 4. The number of para-hydroxylation sites is 2. The number of rotatable bonds is 6. The predicted octanol–water partition coefficient (Wildman–Crippen LogP) is 1.19. The molecule has 0 aromatic heterocycles. The minimum atomic E-state index is -3.78. The smallest absolute Gasteiger partial charge is 0.341 e. The highest BCUT2D eigenvalue weighted by molar-refractivity contribution is 7.90. The van der Waals surface area contributed by atoms with Gasteiger partial charge in [0.25, 0.3) is 10.2 Å². The number of carboxylic acids is 1. The maximum absolute atomic E-state index is 11.9. The van der Waals surface area contributed by atoms with Gasteiger partial charge in [-0.05, 0) is 32.9 Å². The molecule has 20 heavy (non-hydrogen) atoms. The third-order valence-electron chi connectivity index (χ3n) is 1.92. The molecule has 0 spiro atoms. The van der Waals surface area contributed by atoms with Crippen molar-refractivity contribution >= 4 is 21.9 Å². The van der Waals surface area contributed by atoms with Crippen LogP contribution in [0.5, 0.6) is 5.75 Å². The summed E-state index contributed by atoms with van der Waals surface area (Å²) in [6.45, 7) is 4.57. The molecule has 3 N–H and O–H groups in total. The summed E-state index contributed by atoms with van der Waals surface area (Å²) in [4.78, 5) is 10.5. The number of benzene rings is 1. The van der Waals surface area contributed by atoms with E-state index in [0.717, 1.165) is 0 Å². The Kier molecular flexibility index (Phi) is 4.96. The number of ether oxygens (including phenoxy) is 1. The van der Waals surface area contributed by atoms with Crippen LogP contribution in [0.3, 0.4) is 0 Å². The van der Waals surface area contributed by atoms with Crippen molar-refractivity contribution in [2.45, 2.75) is 26.3 Å². The van der Waals surface area contributed by atoms with E-state index < -0.39 is 28.3 Å². The van der Waals surface area contributed by atoms with Crippen LogP contribution < -0.4 is 14.2 Å². The third kappa shape index (κ3) is 5.89. The Morgan fingerprint density at radius 1 is 1.30 bits per heavy atom. The average molecular weight is 302 g/mol. The van der Waals surface area contributed by atoms with Gasteiger partial charge in [-0.1, -0.05) is 12.1 Å². The lowest BCUT2D eigenvalue weighted by atomic mass is 10.1. The topological polar surface area (TPSA) is 105 Å². The molecule has 1 aromatic carbocycles. The van der Waals surface area contributed by atoms with Crippen LogP contribution in [-0.2, 0) is 15.0 Å². The van der Waals surface area contributed by atoms with Crippen molar-refractivity contribution in [3.8, 4) is 5.75 Å². The second-order valence-corrected chi connectivity index (χ2v) is 6.55. The Labute approximate surface area is 118 Å². The Morgan fingerprint density at radius 3 is 2.45 bits per heavy atom. The van der Waals surface area contributed by atoms with E-state index in [2.05, 4.69) is 9.44 Å². The molecule has 0 aliphatic carbocycles. The molecule has 0 unspecified atom stereocenters. The van der Waals surface area contributed by atoms with Crippen molar-refractivity contribution in [3.05, 3.63) is 24.3 Å². The van der Waals surface area contributed by atoms with E-state index in [1.165, 1.54) is 12.1 Å². The van der Waals surface area contributed by atoms with Crippen molar-refractivity contribution < 1.29 is 23.1 Å². The molecule has 0 radical (unpaired) electrons. The molecule has 0 fully saturated rings. The first kappa shape index (κ1) is 16.3. The van der Waals surface area contributed by atoms with Crippen LogP contribution >= 0.6 is 0 Å². The van der Waals surface area contributed by atoms with Crippen LogP contribution in [0.15, 0.2) is 24.3 Å². The quantitative estimate of drug-likeness (QED) is 0.732. The zero-order chi connectivity index (χ0) is 15.4. The highest BCUT2D eigenvalue weighted by atomic mass is 32.2. The molecular weight excluding hydrogens is 284 g/mol. The number of aliphatic carboxylic acids is 1. The summed E-state index contributed by atoms with van der Waals surface area (Å²) in [6.07, 6.45) is 0. The minimum Gasteiger partial charge on any atom is -0.480 e. The van der Waals surface area contributed by atoms with E-state index in [1.54, 1.807) is 32.9 Å². The van der Waals surface area contributed by atoms with E-state index in [4.69, 9.17) is 9.84 Å². The fourth-order valence-corrected chi connectivity index (χ4v) is 2.71. The number of carboxylic acid groups (broad SMARTS) is 1. The van der Waals surface area contributed by atoms with Crippen molar-refractivity contribution in [3.63, 3.8) is 0 Å². The van der Waals surface area contributed by atoms with Crippen molar-refractivity contribution in [2.24, 2.45) is 0 Å². The molecule has 1 rings (SSSR count). The lowest BCUT2D eigenvalue weighted by molar-refractivity contribution is -0.139. The van der Waals surface area contributed by atoms with Gasteiger partial charge in [-0.2, -0.15) is 13.1 Å². The second-order valence-electron chi connectivity index (χ2n) is 5.14. The summed E-state index contributed by atoms with van der Waals surface area (Å²) >= 11 is 0. The summed E-state index contributed by atoms with van der Waals surface area (Å²) in [5.41, 5.74) is -0.464. The molecule has 1 aromatic rings. The zero-order valence-electron chi connectivity index (χ0n) is 11.5. The maximum atomic E-state index is 11.9. The fraction of sp³-hybridized carbons (Fsp3) is 0.417. The van der Waals surface area contributed by atoms with Gasteiger partial charge in [0.1, 0.15) is 5.75 Å². The predicted molar refractivity (Wildman–Crippen MR) is 75.0 cm³/mol. The molecule has 0 saturated carbocycles. The summed E-state index contributed by atoms with van der Waals surface area (Å²) in [7, 11) is -3.78. The van der Waals surface area contributed by atoms with Gasteiger partial charge in [0.15, 0.2) is 6.61 Å². The van der Waals surface area contributed by atoms with Crippen LogP contribution in [0, 0.1) is 0 Å². The van der Waals surface area contributed by atoms with Crippen LogP contribution in [-0.4, -0.2) is 31.6 Å². The van der Waals surface area contributed by atoms with Gasteiger partial charge in [-0.3, -0.25) is 4.72 Å². The Bertz CT molecular complexity index is 578. The first-order chi connectivity index (χ1) is 9.09. The molecule has 8 heteroatoms. The van der Waals surface area contributed by atoms with Gasteiger partial charge in [0.05, 0.1) is 5.69 Å². The summed E-state index contributed by atoms with van der Waals surface area (Å²) in [5.74, 6) is -0.996. The van der Waals surface area contributed by atoms with Gasteiger partial charge in [-0.15, -0.1) is 0 Å². The van der Waals surface area contributed by atoms with E-state index in [-0.39, 0.29) is 11.4 Å². The minimum absolute atomic E-state index is 0.147. The van der Waals surface area contributed by atoms with E-state index in [1.807, 2.05) is 0 Å². The van der Waals surface area contributed by atoms with Crippen LogP contribution in [0.25, 0.3) is 0 Å². The monoisotopic (exact) mass is 302 g/mol. The van der Waals surface area contributed by atoms with E-state index in [0.29, 0.717) is 0 Å². The summed E-state index contributed by atoms with van der Waals surface area (Å²) < 4.78 is 33.6. The normalized spacial score (nSPS) is 11.9. The SMILES string of the molecule is CC(C)(C)NS(=O)(=O)Nc1ccccc1OCC(=O)O. The van der Waals surface area contributed by atoms with E-state index in [9.17, 15) is 13.2 Å². The van der Waals surface area contributed by atoms with Crippen molar-refractivity contribution in [1.29, 1.82) is 0 Å². The lowest BCUT2D eigenvalue weighted by Gasteiger charge is -2.21. The van der Waals surface area contributed by atoms with Gasteiger partial charge < -0.3 is 9.84 Å². The van der Waals surface area contributed by atoms with E-state index >= 15 is 0 Å². The molecule has 0 saturated heterocycles. The van der Waals surface area contributed by atoms with Gasteiger partial charge in [-0.25, -0.2) is 4.79 Å². The van der Waals surface area contributed by atoms with Crippen LogP contribution in [0.2, 0.25) is 0 Å². The first-order valence-corrected chi connectivity index (χ1v) is 7.33. The molecule has 0 bridgehead atoms. The highest BCUT2D eigenvalue weighted by Crippen LogP contribution is 2.24. The van der Waals surface area contributed by atoms with Crippen molar-refractivity contribution in [2.75, 3.05) is 11.3 Å². The lowest BCUT2D eigenvalue weighted by Crippen LogP contribution is -2.43. The number of nitrogens with one attached hydrogen (secondary N) is 2. The van der Waals surface area contributed by atoms with Gasteiger partial charge in [0.2, 0.25) is 0 Å². The molecule has 0 aliphatic rings. The standard InChI is InChI=1S/C12H18N2O5S/c1-12(2,3)14-20(17,18)13-9-6-4-5-7-10(9)19-8-11(15)16/h4-7,13-14H,8H2,1-3H3,(H,15,16). The Morgan fingerprint density at radius 2 is 1.90 bits per heavy atom. The highest BCUT2D eigenvalue weighted by Gasteiger charge is 2.20. The Hall–Kier alpha value is -1.80. The molecule has 0 heterocycles. The van der Waals surface area contributed by atoms with Crippen LogP contribution in [0.4, 0.5) is 5.69 Å². The summed E-state index contributed by atoms with van der Waals surface area (Å²) in [5, 5.41) is 8.58. The number of hydrogen-bond donors (Lipinski definition) is 3. The molecular formula is C12H18N2O5S. The third-order valence-corrected chi connectivity index (χ3v) is 3.29. The average Bonchev–Trinajstić information content (AvgIpc) is 2.23. The van der Waals surface area contributed by atoms with Gasteiger partial charge >= 0.3 is 5.97 Å². The molecule has 0 aliphatic heterocycles. The molecule has 0 atom stereocenters. The summed E-state index contributed by atoms with van der Waals surface area (Å²) in [6, 6.07) is 6.20. The van der Waals surface area contributed by atoms with Crippen molar-refractivity contribution in [1.82, 2.24) is 4.72 Å². The maximum Gasteiger partial charge on any atom is 0.341 e. The largest absolute Gasteiger partial charge is 0.480 e. The molecule has 112 valence electrons. The zero-order valence-corrected chi connectivity index (χ0v) is 12.3. The number of anilines is 1.